The Balaban J connectivity index is 1.21. The molecule has 2 aromatic carbocycles. The Morgan fingerprint density at radius 3 is 2.27 bits per heavy atom. The van der Waals surface area contributed by atoms with Gasteiger partial charge in [-0.05, 0) is 64.2 Å². The van der Waals surface area contributed by atoms with Crippen molar-refractivity contribution in [2.45, 2.75) is 84.7 Å². The molecular formula is C39H54N6O3. The number of hydrogen-bond acceptors (Lipinski definition) is 7. The fourth-order valence-corrected chi connectivity index (χ4v) is 6.49. The molecule has 9 nitrogen and oxygen atoms in total. The maximum absolute atomic E-state index is 11.8. The first kappa shape index (κ1) is 35.4. The quantitative estimate of drug-likeness (QED) is 0.130. The summed E-state index contributed by atoms with van der Waals surface area (Å²) in [6, 6.07) is 21.5. The number of aromatic nitrogens is 3. The standard InChI is InChI=1S/C39H54N6O3/c1-30-36(32-18-12-10-13-19-32)37-41-34(29-35(45(37)42-30)44-24-22-43(23-25-44)26-27-46)33-20-15-17-31(28-33)16-11-8-6-5-7-9-14-21-40-38(47)48-39(2,3)4/h10,12-13,15,17-20,28-29,46H,5-9,11,14,16,21-27H2,1-4H3,(H,40,47). The van der Waals surface area contributed by atoms with Crippen LogP contribution in [0, 0.1) is 6.92 Å². The number of β-amino-alcohol motifs (C(OH)–C–C–N with tert-alkyl or cyclic N) is 1. The molecule has 1 saturated heterocycles. The van der Waals surface area contributed by atoms with Gasteiger partial charge in [0.2, 0.25) is 0 Å². The highest BCUT2D eigenvalue weighted by Gasteiger charge is 2.23. The van der Waals surface area contributed by atoms with E-state index in [2.05, 4.69) is 76.6 Å². The first-order valence-corrected chi connectivity index (χ1v) is 17.8. The number of carbonyl (C=O) groups excluding carboxylic acids is 1. The number of nitrogens with zero attached hydrogens (tertiary/aromatic N) is 5. The van der Waals surface area contributed by atoms with Crippen molar-refractivity contribution >= 4 is 17.6 Å². The summed E-state index contributed by atoms with van der Waals surface area (Å²) >= 11 is 0. The minimum Gasteiger partial charge on any atom is -0.444 e. The molecule has 0 saturated carbocycles. The lowest BCUT2D eigenvalue weighted by molar-refractivity contribution is 0.0527. The van der Waals surface area contributed by atoms with Gasteiger partial charge in [0.15, 0.2) is 5.65 Å². The number of aryl methyl sites for hydroxylation is 2. The molecule has 0 radical (unpaired) electrons. The number of ether oxygens (including phenoxy) is 1. The highest BCUT2D eigenvalue weighted by atomic mass is 16.6. The number of alkyl carbamates (subject to hydrolysis) is 1. The van der Waals surface area contributed by atoms with Gasteiger partial charge in [0.1, 0.15) is 11.4 Å². The van der Waals surface area contributed by atoms with Crippen molar-refractivity contribution in [1.82, 2.24) is 24.8 Å². The lowest BCUT2D eigenvalue weighted by Crippen LogP contribution is -2.47. The molecule has 5 rings (SSSR count). The minimum atomic E-state index is -0.454. The van der Waals surface area contributed by atoms with E-state index in [1.54, 1.807) is 0 Å². The van der Waals surface area contributed by atoms with E-state index in [0.29, 0.717) is 13.1 Å². The summed E-state index contributed by atoms with van der Waals surface area (Å²) in [7, 11) is 0. The molecular weight excluding hydrogens is 600 g/mol. The van der Waals surface area contributed by atoms with Crippen LogP contribution in [0.4, 0.5) is 10.6 Å². The topological polar surface area (TPSA) is 95.2 Å². The van der Waals surface area contributed by atoms with E-state index in [4.69, 9.17) is 14.8 Å². The number of piperazine rings is 1. The molecule has 0 aliphatic carbocycles. The van der Waals surface area contributed by atoms with Crippen LogP contribution >= 0.6 is 0 Å². The zero-order valence-electron chi connectivity index (χ0n) is 29.4. The fraction of sp³-hybridized carbons (Fsp3) is 0.513. The summed E-state index contributed by atoms with van der Waals surface area (Å²) in [5, 5.41) is 17.3. The number of aliphatic hydroxyl groups excluding tert-OH is 1. The lowest BCUT2D eigenvalue weighted by Gasteiger charge is -2.35. The van der Waals surface area contributed by atoms with Crippen molar-refractivity contribution in [2.75, 3.05) is 50.8 Å². The molecule has 1 aliphatic heterocycles. The number of aliphatic hydroxyl groups is 1. The van der Waals surface area contributed by atoms with Crippen LogP contribution in [-0.4, -0.2) is 82.2 Å². The molecule has 0 unspecified atom stereocenters. The van der Waals surface area contributed by atoms with Gasteiger partial charge in [0, 0.05) is 56.5 Å². The van der Waals surface area contributed by atoms with E-state index in [-0.39, 0.29) is 12.7 Å². The SMILES string of the molecule is Cc1nn2c(N3CCN(CCO)CC3)cc(-c3cccc(CCCCCCCCCNC(=O)OC(C)(C)C)c3)nc2c1-c1ccccc1. The number of hydrogen-bond donors (Lipinski definition) is 2. The summed E-state index contributed by atoms with van der Waals surface area (Å²) in [5.74, 6) is 1.06. The summed E-state index contributed by atoms with van der Waals surface area (Å²) in [6.45, 7) is 12.9. The number of unbranched alkanes of at least 4 members (excludes halogenated alkanes) is 6. The first-order chi connectivity index (χ1) is 23.2. The van der Waals surface area contributed by atoms with Gasteiger partial charge in [-0.3, -0.25) is 4.90 Å². The highest BCUT2D eigenvalue weighted by molar-refractivity contribution is 5.83. The van der Waals surface area contributed by atoms with Crippen LogP contribution in [0.1, 0.15) is 77.0 Å². The van der Waals surface area contributed by atoms with Crippen molar-refractivity contribution < 1.29 is 14.6 Å². The van der Waals surface area contributed by atoms with Gasteiger partial charge in [-0.15, -0.1) is 0 Å². The average Bonchev–Trinajstić information content (AvgIpc) is 3.41. The zero-order chi connectivity index (χ0) is 33.9. The van der Waals surface area contributed by atoms with Crippen LogP contribution in [0.3, 0.4) is 0 Å². The Morgan fingerprint density at radius 2 is 1.56 bits per heavy atom. The second-order valence-electron chi connectivity index (χ2n) is 14.0. The Bertz CT molecular complexity index is 1610. The number of rotatable bonds is 15. The van der Waals surface area contributed by atoms with Crippen LogP contribution in [0.2, 0.25) is 0 Å². The van der Waals surface area contributed by atoms with E-state index in [1.165, 1.54) is 37.7 Å². The van der Waals surface area contributed by atoms with Crippen molar-refractivity contribution in [3.05, 3.63) is 71.9 Å². The van der Waals surface area contributed by atoms with Crippen LogP contribution < -0.4 is 10.2 Å². The molecule has 2 N–H and O–H groups in total. The summed E-state index contributed by atoms with van der Waals surface area (Å²) in [6.07, 6.45) is 8.86. The maximum atomic E-state index is 11.8. The Kier molecular flexibility index (Phi) is 12.5. The van der Waals surface area contributed by atoms with Crippen molar-refractivity contribution in [1.29, 1.82) is 0 Å². The van der Waals surface area contributed by atoms with Crippen LogP contribution in [0.5, 0.6) is 0 Å². The number of benzene rings is 2. The third-order valence-electron chi connectivity index (χ3n) is 8.95. The zero-order valence-corrected chi connectivity index (χ0v) is 29.4. The van der Waals surface area contributed by atoms with Crippen molar-refractivity contribution in [3.8, 4) is 22.4 Å². The first-order valence-electron chi connectivity index (χ1n) is 17.8. The number of nitrogens with one attached hydrogen (secondary N) is 1. The Hall–Kier alpha value is -3.95. The second-order valence-corrected chi connectivity index (χ2v) is 14.0. The maximum Gasteiger partial charge on any atom is 0.407 e. The molecule has 4 aromatic rings. The predicted octanol–water partition coefficient (Wildman–Crippen LogP) is 7.28. The number of amides is 1. The molecule has 1 amide bonds. The van der Waals surface area contributed by atoms with Gasteiger partial charge in [0.25, 0.3) is 0 Å². The van der Waals surface area contributed by atoms with Crippen molar-refractivity contribution in [2.24, 2.45) is 0 Å². The fourth-order valence-electron chi connectivity index (χ4n) is 6.49. The van der Waals surface area contributed by atoms with Crippen LogP contribution in [0.15, 0.2) is 60.7 Å². The monoisotopic (exact) mass is 654 g/mol. The van der Waals surface area contributed by atoms with Crippen LogP contribution in [0.25, 0.3) is 28.0 Å². The van der Waals surface area contributed by atoms with Gasteiger partial charge in [-0.25, -0.2) is 9.78 Å². The van der Waals surface area contributed by atoms with Crippen LogP contribution in [-0.2, 0) is 11.2 Å². The molecule has 2 aromatic heterocycles. The van der Waals surface area contributed by atoms with E-state index in [9.17, 15) is 9.90 Å². The average molecular weight is 655 g/mol. The van der Waals surface area contributed by atoms with E-state index < -0.39 is 5.60 Å². The molecule has 0 bridgehead atoms. The normalized spacial score (nSPS) is 14.1. The Labute approximate surface area is 286 Å². The largest absolute Gasteiger partial charge is 0.444 e. The smallest absolute Gasteiger partial charge is 0.407 e. The summed E-state index contributed by atoms with van der Waals surface area (Å²) < 4.78 is 7.32. The molecule has 258 valence electrons. The Morgan fingerprint density at radius 1 is 0.875 bits per heavy atom. The molecule has 0 spiro atoms. The van der Waals surface area contributed by atoms with E-state index in [1.807, 2.05) is 31.4 Å². The molecule has 3 heterocycles. The highest BCUT2D eigenvalue weighted by Crippen LogP contribution is 2.33. The van der Waals surface area contributed by atoms with Crippen molar-refractivity contribution in [3.63, 3.8) is 0 Å². The second kappa shape index (κ2) is 16.9. The predicted molar refractivity (Wildman–Crippen MR) is 195 cm³/mol. The summed E-state index contributed by atoms with van der Waals surface area (Å²) in [5.41, 5.74) is 7.04. The molecule has 1 aliphatic rings. The number of fused-ring (bicyclic) bond motifs is 1. The molecule has 1 fully saturated rings. The number of carbonyl (C=O) groups is 1. The third-order valence-corrected chi connectivity index (χ3v) is 8.95. The molecule has 0 atom stereocenters. The van der Waals surface area contributed by atoms with Gasteiger partial charge < -0.3 is 20.1 Å². The van der Waals surface area contributed by atoms with Gasteiger partial charge in [-0.2, -0.15) is 9.61 Å². The molecule has 9 heteroatoms. The van der Waals surface area contributed by atoms with E-state index in [0.717, 1.165) is 85.0 Å². The van der Waals surface area contributed by atoms with Gasteiger partial charge in [0.05, 0.1) is 18.0 Å². The van der Waals surface area contributed by atoms with Gasteiger partial charge >= 0.3 is 6.09 Å². The van der Waals surface area contributed by atoms with Gasteiger partial charge in [-0.1, -0.05) is 80.6 Å². The lowest BCUT2D eigenvalue weighted by atomic mass is 10.0. The molecule has 48 heavy (non-hydrogen) atoms. The number of anilines is 1. The van der Waals surface area contributed by atoms with E-state index >= 15 is 0 Å². The summed E-state index contributed by atoms with van der Waals surface area (Å²) in [4.78, 5) is 21.8. The third kappa shape index (κ3) is 9.80. The minimum absolute atomic E-state index is 0.190.